The number of halogens is 5. The quantitative estimate of drug-likeness (QED) is 0.736. The molecule has 3 rings (SSSR count). The first-order chi connectivity index (χ1) is 12.7. The van der Waals surface area contributed by atoms with E-state index in [9.17, 15) is 26.7 Å². The lowest BCUT2D eigenvalue weighted by Crippen LogP contribution is -2.27. The molecule has 0 aromatic carbocycles. The predicted octanol–water partition coefficient (Wildman–Crippen LogP) is 3.28. The largest absolute Gasteiger partial charge is 0.477 e. The van der Waals surface area contributed by atoms with Crippen molar-refractivity contribution >= 4 is 11.6 Å². The Kier molecular flexibility index (Phi) is 5.03. The van der Waals surface area contributed by atoms with E-state index in [1.807, 2.05) is 0 Å². The van der Waals surface area contributed by atoms with Crippen LogP contribution in [0.15, 0.2) is 24.3 Å². The van der Waals surface area contributed by atoms with Crippen LogP contribution in [-0.2, 0) is 17.5 Å². The smallest absolute Gasteiger partial charge is 0.435 e. The van der Waals surface area contributed by atoms with Gasteiger partial charge in [-0.3, -0.25) is 4.79 Å². The molecule has 1 saturated heterocycles. The molecule has 0 radical (unpaired) electrons. The molecule has 1 aliphatic rings. The van der Waals surface area contributed by atoms with E-state index in [1.54, 1.807) is 6.92 Å². The number of likely N-dealkylation sites (tertiary alicyclic amines) is 1. The molecule has 1 amide bonds. The number of hydrogen-bond donors (Lipinski definition) is 0. The molecule has 27 heavy (non-hydrogen) atoms. The van der Waals surface area contributed by atoms with Crippen LogP contribution in [0.5, 0.6) is 5.88 Å². The van der Waals surface area contributed by atoms with E-state index in [0.29, 0.717) is 6.08 Å². The van der Waals surface area contributed by atoms with Crippen molar-refractivity contribution in [1.82, 2.24) is 19.5 Å². The third-order valence-electron chi connectivity index (χ3n) is 4.05. The molecule has 0 N–H and O–H groups in total. The van der Waals surface area contributed by atoms with Crippen molar-refractivity contribution in [3.63, 3.8) is 0 Å². The highest BCUT2D eigenvalue weighted by atomic mass is 19.4. The second-order valence-corrected chi connectivity index (χ2v) is 5.97. The molecule has 0 aliphatic carbocycles. The fraction of sp³-hybridized carbons (Fsp3) is 0.438. The summed E-state index contributed by atoms with van der Waals surface area (Å²) >= 11 is 0. The number of nitrogens with zero attached hydrogens (tertiary/aromatic N) is 4. The maximum Gasteiger partial charge on any atom is 0.435 e. The Morgan fingerprint density at radius 2 is 2.11 bits per heavy atom. The Morgan fingerprint density at radius 1 is 1.37 bits per heavy atom. The molecule has 1 fully saturated rings. The van der Waals surface area contributed by atoms with Crippen LogP contribution in [-0.4, -0.2) is 38.6 Å². The average Bonchev–Trinajstić information content (AvgIpc) is 3.08. The highest BCUT2D eigenvalue weighted by Crippen LogP contribution is 2.33. The highest BCUT2D eigenvalue weighted by molar-refractivity contribution is 5.79. The lowest BCUT2D eigenvalue weighted by molar-refractivity contribution is -0.142. The Morgan fingerprint density at radius 3 is 2.74 bits per heavy atom. The van der Waals surface area contributed by atoms with Gasteiger partial charge in [-0.25, -0.2) is 9.50 Å². The molecule has 6 nitrogen and oxygen atoms in total. The predicted molar refractivity (Wildman–Crippen MR) is 83.0 cm³/mol. The van der Waals surface area contributed by atoms with Crippen LogP contribution in [0.25, 0.3) is 5.65 Å². The zero-order chi connectivity index (χ0) is 19.8. The molecule has 1 unspecified atom stereocenters. The van der Waals surface area contributed by atoms with Gasteiger partial charge in [0, 0.05) is 24.9 Å². The number of ether oxygens (including phenoxy) is 1. The van der Waals surface area contributed by atoms with E-state index in [0.717, 1.165) is 9.42 Å². The lowest BCUT2D eigenvalue weighted by atomic mass is 10.1. The number of amides is 1. The van der Waals surface area contributed by atoms with Gasteiger partial charge in [0.1, 0.15) is 0 Å². The zero-order valence-corrected chi connectivity index (χ0v) is 14.1. The second-order valence-electron chi connectivity index (χ2n) is 5.97. The van der Waals surface area contributed by atoms with Crippen molar-refractivity contribution in [3.05, 3.63) is 35.7 Å². The first kappa shape index (κ1) is 19.1. The summed E-state index contributed by atoms with van der Waals surface area (Å²) < 4.78 is 71.2. The number of hydrogen-bond acceptors (Lipinski definition) is 4. The third-order valence-corrected chi connectivity index (χ3v) is 4.05. The van der Waals surface area contributed by atoms with E-state index < -0.39 is 36.3 Å². The van der Waals surface area contributed by atoms with Crippen molar-refractivity contribution in [2.45, 2.75) is 26.1 Å². The summed E-state index contributed by atoms with van der Waals surface area (Å²) in [4.78, 5) is 16.7. The fourth-order valence-electron chi connectivity index (χ4n) is 2.98. The molecule has 11 heteroatoms. The number of carbonyl (C=O) groups is 1. The number of alkyl halides is 3. The SMILES string of the molecule is CCOc1ccc2nc(C(F)(F)F)c(CN3CC(C=C(F)F)CC3=O)n2n1. The van der Waals surface area contributed by atoms with E-state index in [2.05, 4.69) is 10.1 Å². The Balaban J connectivity index is 2.00. The van der Waals surface area contributed by atoms with Crippen molar-refractivity contribution in [1.29, 1.82) is 0 Å². The highest BCUT2D eigenvalue weighted by Gasteiger charge is 2.40. The topological polar surface area (TPSA) is 59.7 Å². The van der Waals surface area contributed by atoms with Crippen LogP contribution in [0.4, 0.5) is 22.0 Å². The maximum absolute atomic E-state index is 13.4. The molecule has 1 aliphatic heterocycles. The van der Waals surface area contributed by atoms with Crippen molar-refractivity contribution in [2.24, 2.45) is 5.92 Å². The first-order valence-corrected chi connectivity index (χ1v) is 8.08. The van der Waals surface area contributed by atoms with Crippen molar-refractivity contribution in [3.8, 4) is 5.88 Å². The van der Waals surface area contributed by atoms with Gasteiger partial charge >= 0.3 is 6.18 Å². The summed E-state index contributed by atoms with van der Waals surface area (Å²) in [6.45, 7) is 1.41. The summed E-state index contributed by atoms with van der Waals surface area (Å²) in [5, 5.41) is 4.00. The van der Waals surface area contributed by atoms with Crippen molar-refractivity contribution < 1.29 is 31.5 Å². The second kappa shape index (κ2) is 7.12. The van der Waals surface area contributed by atoms with Gasteiger partial charge in [0.25, 0.3) is 6.08 Å². The van der Waals surface area contributed by atoms with E-state index in [1.165, 1.54) is 12.1 Å². The Labute approximate surface area is 150 Å². The van der Waals surface area contributed by atoms with Gasteiger partial charge in [-0.1, -0.05) is 0 Å². The van der Waals surface area contributed by atoms with E-state index >= 15 is 0 Å². The van der Waals surface area contributed by atoms with Gasteiger partial charge in [0.2, 0.25) is 11.8 Å². The van der Waals surface area contributed by atoms with Gasteiger partial charge in [0.15, 0.2) is 11.3 Å². The van der Waals surface area contributed by atoms with Crippen LogP contribution in [0.2, 0.25) is 0 Å². The number of fused-ring (bicyclic) bond motifs is 1. The third kappa shape index (κ3) is 4.01. The summed E-state index contributed by atoms with van der Waals surface area (Å²) in [6.07, 6.45) is -6.24. The fourth-order valence-corrected chi connectivity index (χ4v) is 2.98. The lowest BCUT2D eigenvalue weighted by Gasteiger charge is -2.17. The number of aromatic nitrogens is 3. The van der Waals surface area contributed by atoms with Crippen LogP contribution in [0.1, 0.15) is 24.7 Å². The summed E-state index contributed by atoms with van der Waals surface area (Å²) in [7, 11) is 0. The van der Waals surface area contributed by atoms with Gasteiger partial charge in [0.05, 0.1) is 18.8 Å². The van der Waals surface area contributed by atoms with Crippen LogP contribution in [0, 0.1) is 5.92 Å². The minimum absolute atomic E-state index is 0.0568. The molecule has 1 atom stereocenters. The van der Waals surface area contributed by atoms with Gasteiger partial charge in [-0.2, -0.15) is 22.0 Å². The number of carbonyl (C=O) groups excluding carboxylic acids is 1. The summed E-state index contributed by atoms with van der Waals surface area (Å²) in [5.41, 5.74) is -1.58. The standard InChI is InChI=1S/C16H15F5N4O2/c1-2-27-13-4-3-12-22-15(16(19,20)21)10(25(12)23-13)8-24-7-9(5-11(17)18)6-14(24)26/h3-5,9H,2,6-8H2,1H3. The van der Waals surface area contributed by atoms with Crippen LogP contribution in [0.3, 0.4) is 0 Å². The Bertz CT molecular complexity index is 889. The monoisotopic (exact) mass is 390 g/mol. The minimum Gasteiger partial charge on any atom is -0.477 e. The van der Waals surface area contributed by atoms with Gasteiger partial charge in [-0.05, 0) is 19.1 Å². The van der Waals surface area contributed by atoms with Gasteiger partial charge < -0.3 is 9.64 Å². The summed E-state index contributed by atoms with van der Waals surface area (Å²) in [5.74, 6) is -1.16. The first-order valence-electron chi connectivity index (χ1n) is 8.08. The van der Waals surface area contributed by atoms with Crippen molar-refractivity contribution in [2.75, 3.05) is 13.2 Å². The molecule has 3 heterocycles. The normalized spacial score (nSPS) is 17.6. The molecular formula is C16H15F5N4O2. The number of rotatable bonds is 5. The molecule has 0 saturated carbocycles. The summed E-state index contributed by atoms with van der Waals surface area (Å²) in [6, 6.07) is 2.72. The van der Waals surface area contributed by atoms with Crippen LogP contribution >= 0.6 is 0 Å². The number of imidazole rings is 1. The Hall–Kier alpha value is -2.72. The molecule has 146 valence electrons. The molecule has 2 aromatic rings. The molecule has 0 spiro atoms. The average molecular weight is 390 g/mol. The van der Waals surface area contributed by atoms with E-state index in [-0.39, 0.29) is 36.8 Å². The molecular weight excluding hydrogens is 375 g/mol. The van der Waals surface area contributed by atoms with Crippen LogP contribution < -0.4 is 4.74 Å². The minimum atomic E-state index is -4.76. The maximum atomic E-state index is 13.4. The molecule has 0 bridgehead atoms. The van der Waals surface area contributed by atoms with Gasteiger partial charge in [-0.15, -0.1) is 5.10 Å². The molecule has 2 aromatic heterocycles. The zero-order valence-electron chi connectivity index (χ0n) is 14.1. The van der Waals surface area contributed by atoms with E-state index in [4.69, 9.17) is 4.74 Å².